The van der Waals surface area contributed by atoms with E-state index in [1.807, 2.05) is 0 Å². The van der Waals surface area contributed by atoms with Gasteiger partial charge >= 0.3 is 0 Å². The van der Waals surface area contributed by atoms with E-state index in [0.717, 1.165) is 44.9 Å². The van der Waals surface area contributed by atoms with Crippen LogP contribution in [0.1, 0.15) is 200 Å². The lowest BCUT2D eigenvalue weighted by atomic mass is 9.98. The van der Waals surface area contributed by atoms with E-state index >= 15 is 0 Å². The van der Waals surface area contributed by atoms with Gasteiger partial charge in [0.15, 0.2) is 6.29 Å². The quantitative estimate of drug-likeness (QED) is 0.0324. The van der Waals surface area contributed by atoms with Crippen LogP contribution in [0, 0.1) is 0 Å². The highest BCUT2D eigenvalue weighted by molar-refractivity contribution is 5.76. The molecule has 7 N–H and O–H groups in total. The van der Waals surface area contributed by atoms with Crippen LogP contribution < -0.4 is 5.32 Å². The van der Waals surface area contributed by atoms with Crippen LogP contribution in [0.5, 0.6) is 0 Å². The third-order valence-electron chi connectivity index (χ3n) is 10.8. The first-order valence-electron chi connectivity index (χ1n) is 21.8. The number of aliphatic hydroxyl groups excluding tert-OH is 6. The van der Waals surface area contributed by atoms with Gasteiger partial charge in [-0.25, -0.2) is 0 Å². The Morgan fingerprint density at radius 2 is 1.00 bits per heavy atom. The molecule has 1 rings (SSSR count). The van der Waals surface area contributed by atoms with Gasteiger partial charge in [-0.1, -0.05) is 181 Å². The average Bonchev–Trinajstić information content (AvgIpc) is 3.14. The summed E-state index contributed by atoms with van der Waals surface area (Å²) in [5.41, 5.74) is 0. The van der Waals surface area contributed by atoms with E-state index in [9.17, 15) is 35.4 Å². The Bertz CT molecular complexity index is 803. The van der Waals surface area contributed by atoms with Gasteiger partial charge in [0.2, 0.25) is 5.91 Å². The number of carbonyl (C=O) groups is 1. The number of unbranched alkanes of at least 4 members (excludes halogenated alkanes) is 25. The Labute approximate surface area is 317 Å². The number of carbonyl (C=O) groups excluding carboxylic acids is 1. The fraction of sp³-hybridized carbons (Fsp3) is 0.976. The van der Waals surface area contributed by atoms with E-state index in [2.05, 4.69) is 19.2 Å². The summed E-state index contributed by atoms with van der Waals surface area (Å²) in [6, 6.07) is -0.983. The normalized spacial score (nSPS) is 22.3. The summed E-state index contributed by atoms with van der Waals surface area (Å²) in [5, 5.41) is 65.0. The molecule has 8 atom stereocenters. The van der Waals surface area contributed by atoms with Gasteiger partial charge in [0, 0.05) is 6.42 Å². The van der Waals surface area contributed by atoms with Gasteiger partial charge in [0.25, 0.3) is 0 Å². The second-order valence-corrected chi connectivity index (χ2v) is 15.6. The average molecular weight is 746 g/mol. The molecule has 1 saturated heterocycles. The molecule has 1 amide bonds. The summed E-state index contributed by atoms with van der Waals surface area (Å²) in [4.78, 5) is 12.9. The molecule has 0 aliphatic carbocycles. The fourth-order valence-electron chi connectivity index (χ4n) is 7.20. The van der Waals surface area contributed by atoms with E-state index in [-0.39, 0.29) is 18.9 Å². The zero-order valence-corrected chi connectivity index (χ0v) is 33.4. The van der Waals surface area contributed by atoms with Crippen LogP contribution in [0.15, 0.2) is 0 Å². The van der Waals surface area contributed by atoms with Crippen LogP contribution in [0.25, 0.3) is 0 Å². The minimum absolute atomic E-state index is 0.257. The SMILES string of the molecule is CCCCCCCCCCCCCCCCC[C@@H](O)[C@@H](O)[C@H](CO[C@@H]1O[C@H](CO)[C@H](O)C(O)C1O)NC(=O)CCCCCCCCCCCCCC. The van der Waals surface area contributed by atoms with Gasteiger partial charge in [0.1, 0.15) is 30.5 Å². The molecule has 2 unspecified atom stereocenters. The van der Waals surface area contributed by atoms with Crippen molar-refractivity contribution in [2.75, 3.05) is 13.2 Å². The maximum absolute atomic E-state index is 12.9. The summed E-state index contributed by atoms with van der Waals surface area (Å²) in [6.45, 7) is 3.60. The standard InChI is InChI=1S/C42H83NO9/c1-3-5-7-9-11-13-15-17-18-19-20-22-24-26-28-30-35(45)38(47)34(33-51-42-41(50)40(49)39(48)36(32-44)52-42)43-37(46)31-29-27-25-23-21-16-14-12-10-8-6-4-2/h34-36,38-42,44-45,47-50H,3-33H2,1-2H3,(H,43,46)/t34-,35+,36+,38-,39-,40?,41?,42+/m0/s1. The number of amides is 1. The lowest BCUT2D eigenvalue weighted by Crippen LogP contribution is -2.60. The van der Waals surface area contributed by atoms with E-state index in [1.165, 1.54) is 128 Å². The van der Waals surface area contributed by atoms with Crippen molar-refractivity contribution in [2.24, 2.45) is 0 Å². The van der Waals surface area contributed by atoms with Gasteiger partial charge in [-0.2, -0.15) is 0 Å². The minimum atomic E-state index is -1.60. The topological polar surface area (TPSA) is 169 Å². The van der Waals surface area contributed by atoms with Crippen molar-refractivity contribution in [1.82, 2.24) is 5.32 Å². The first-order chi connectivity index (χ1) is 25.3. The number of rotatable bonds is 36. The van der Waals surface area contributed by atoms with Crippen molar-refractivity contribution in [3.05, 3.63) is 0 Å². The van der Waals surface area contributed by atoms with Gasteiger partial charge in [-0.15, -0.1) is 0 Å². The van der Waals surface area contributed by atoms with Gasteiger partial charge in [-0.3, -0.25) is 4.79 Å². The zero-order chi connectivity index (χ0) is 38.2. The molecule has 0 aromatic carbocycles. The molecule has 52 heavy (non-hydrogen) atoms. The molecule has 0 spiro atoms. The maximum atomic E-state index is 12.9. The predicted molar refractivity (Wildman–Crippen MR) is 209 cm³/mol. The molecule has 310 valence electrons. The monoisotopic (exact) mass is 746 g/mol. The van der Waals surface area contributed by atoms with Crippen LogP contribution in [0.4, 0.5) is 0 Å². The number of aliphatic hydroxyl groups is 6. The van der Waals surface area contributed by atoms with E-state index in [1.54, 1.807) is 0 Å². The van der Waals surface area contributed by atoms with E-state index in [0.29, 0.717) is 6.42 Å². The number of nitrogens with one attached hydrogen (secondary N) is 1. The maximum Gasteiger partial charge on any atom is 0.220 e. The zero-order valence-electron chi connectivity index (χ0n) is 33.4. The molecule has 0 aromatic rings. The molecule has 0 aromatic heterocycles. The summed E-state index contributed by atoms with van der Waals surface area (Å²) in [5.74, 6) is -0.257. The Morgan fingerprint density at radius 1 is 0.596 bits per heavy atom. The van der Waals surface area contributed by atoms with Crippen molar-refractivity contribution >= 4 is 5.91 Å². The molecule has 1 aliphatic rings. The van der Waals surface area contributed by atoms with Crippen LogP contribution in [-0.2, 0) is 14.3 Å². The molecule has 1 aliphatic heterocycles. The van der Waals surface area contributed by atoms with Crippen molar-refractivity contribution in [3.8, 4) is 0 Å². The first-order valence-corrected chi connectivity index (χ1v) is 21.8. The number of ether oxygens (including phenoxy) is 2. The minimum Gasteiger partial charge on any atom is -0.394 e. The molecule has 10 nitrogen and oxygen atoms in total. The summed E-state index contributed by atoms with van der Waals surface area (Å²) in [6.07, 6.45) is 23.9. The van der Waals surface area contributed by atoms with Crippen molar-refractivity contribution in [3.63, 3.8) is 0 Å². The largest absolute Gasteiger partial charge is 0.394 e. The molecule has 1 fully saturated rings. The first kappa shape index (κ1) is 49.2. The summed E-state index contributed by atoms with van der Waals surface area (Å²) < 4.78 is 11.1. The highest BCUT2D eigenvalue weighted by Crippen LogP contribution is 2.23. The van der Waals surface area contributed by atoms with Crippen LogP contribution >= 0.6 is 0 Å². The van der Waals surface area contributed by atoms with Crippen molar-refractivity contribution < 1.29 is 44.9 Å². The number of hydrogen-bond acceptors (Lipinski definition) is 9. The van der Waals surface area contributed by atoms with Gasteiger partial charge in [-0.05, 0) is 12.8 Å². The molecule has 1 heterocycles. The molecule has 10 heteroatoms. The Kier molecular flexibility index (Phi) is 31.7. The molecule has 0 saturated carbocycles. The Balaban J connectivity index is 2.42. The predicted octanol–water partition coefficient (Wildman–Crippen LogP) is 7.36. The fourth-order valence-corrected chi connectivity index (χ4v) is 7.20. The third kappa shape index (κ3) is 23.8. The van der Waals surface area contributed by atoms with E-state index < -0.39 is 55.6 Å². The molecular weight excluding hydrogens is 662 g/mol. The van der Waals surface area contributed by atoms with Crippen LogP contribution in [0.3, 0.4) is 0 Å². The lowest BCUT2D eigenvalue weighted by Gasteiger charge is -2.40. The number of hydrogen-bond donors (Lipinski definition) is 7. The van der Waals surface area contributed by atoms with Gasteiger partial charge < -0.3 is 45.4 Å². The third-order valence-corrected chi connectivity index (χ3v) is 10.8. The van der Waals surface area contributed by atoms with Crippen molar-refractivity contribution in [1.29, 1.82) is 0 Å². The van der Waals surface area contributed by atoms with Gasteiger partial charge in [0.05, 0.1) is 25.4 Å². The second-order valence-electron chi connectivity index (χ2n) is 15.6. The Morgan fingerprint density at radius 3 is 1.42 bits per heavy atom. The Hall–Kier alpha value is -0.850. The van der Waals surface area contributed by atoms with Crippen molar-refractivity contribution in [2.45, 2.75) is 249 Å². The molecular formula is C42H83NO9. The lowest BCUT2D eigenvalue weighted by molar-refractivity contribution is -0.303. The van der Waals surface area contributed by atoms with Crippen LogP contribution in [-0.4, -0.2) is 98.7 Å². The van der Waals surface area contributed by atoms with Crippen LogP contribution in [0.2, 0.25) is 0 Å². The smallest absolute Gasteiger partial charge is 0.220 e. The molecule has 0 bridgehead atoms. The summed E-state index contributed by atoms with van der Waals surface area (Å²) in [7, 11) is 0. The summed E-state index contributed by atoms with van der Waals surface area (Å²) >= 11 is 0. The van der Waals surface area contributed by atoms with E-state index in [4.69, 9.17) is 9.47 Å². The second kappa shape index (κ2) is 33.5. The highest BCUT2D eigenvalue weighted by atomic mass is 16.7. The highest BCUT2D eigenvalue weighted by Gasteiger charge is 2.44. The molecule has 0 radical (unpaired) electrons.